The number of methoxy groups -OCH3 is 4. The van der Waals surface area contributed by atoms with Gasteiger partial charge in [0, 0.05) is 6.16 Å². The van der Waals surface area contributed by atoms with Gasteiger partial charge in [-0.05, 0) is 206 Å². The molecule has 0 spiro atoms. The molecule has 276 valence electrons. The fourth-order valence-corrected chi connectivity index (χ4v) is 13.2. The molecule has 1 fully saturated rings. The molecule has 0 aromatic heterocycles. The normalized spacial score (nSPS) is 15.1. The van der Waals surface area contributed by atoms with Gasteiger partial charge in [0.05, 0.1) is 41.2 Å². The maximum absolute atomic E-state index is 6.22. The largest absolute Gasteiger partial charge is 0.497 e. The van der Waals surface area contributed by atoms with Gasteiger partial charge >= 0.3 is 0 Å². The summed E-state index contributed by atoms with van der Waals surface area (Å²) in [5, 5.41) is 5.72. The van der Waals surface area contributed by atoms with E-state index >= 15 is 0 Å². The molecule has 0 aliphatic carbocycles. The first kappa shape index (κ1) is 40.6. The van der Waals surface area contributed by atoms with Gasteiger partial charge in [0.25, 0.3) is 0 Å². The van der Waals surface area contributed by atoms with Crippen LogP contribution in [0.1, 0.15) is 58.4 Å². The average molecular weight is 733 g/mol. The van der Waals surface area contributed by atoms with E-state index in [-0.39, 0.29) is 6.10 Å². The quantitative estimate of drug-likeness (QED) is 0.153. The van der Waals surface area contributed by atoms with Gasteiger partial charge in [-0.25, -0.2) is 0 Å². The zero-order chi connectivity index (χ0) is 37.8. The minimum Gasteiger partial charge on any atom is -0.497 e. The Balaban J connectivity index is 0.000000238. The van der Waals surface area contributed by atoms with Crippen molar-refractivity contribution in [3.05, 3.63) is 93.0 Å². The first-order valence-electron chi connectivity index (χ1n) is 17.5. The highest BCUT2D eigenvalue weighted by molar-refractivity contribution is 7.73. The average Bonchev–Trinajstić information content (AvgIpc) is 3.40. The molecule has 51 heavy (non-hydrogen) atoms. The topological polar surface area (TPSA) is 55.4 Å². The van der Waals surface area contributed by atoms with Crippen LogP contribution in [-0.4, -0.2) is 59.8 Å². The second kappa shape index (κ2) is 17.1. The van der Waals surface area contributed by atoms with E-state index in [9.17, 15) is 0 Å². The lowest BCUT2D eigenvalue weighted by molar-refractivity contribution is -0.135. The standard InChI is InChI=1S/C24H33O4P.C19H25O2P/c1-15-9-19(25-7)10-16(2)22(15)29(14-21-13-27-24(5,6)28-21)23-17(3)11-20(26-8)12-18(23)4;1-12-8-16(20-5)9-13(2)18(12)22(7)19-14(3)10-17(21-6)11-15(19)4/h9-12,21H,13-14H2,1-8H3;8-11H,1-7H3. The summed E-state index contributed by atoms with van der Waals surface area (Å²) >= 11 is 0. The Morgan fingerprint density at radius 1 is 0.529 bits per heavy atom. The van der Waals surface area contributed by atoms with Crippen molar-refractivity contribution in [2.24, 2.45) is 0 Å². The summed E-state index contributed by atoms with van der Waals surface area (Å²) < 4.78 is 33.9. The van der Waals surface area contributed by atoms with Crippen LogP contribution in [0.2, 0.25) is 0 Å². The summed E-state index contributed by atoms with van der Waals surface area (Å²) in [5.41, 5.74) is 10.3. The van der Waals surface area contributed by atoms with Crippen LogP contribution in [0.5, 0.6) is 23.0 Å². The Kier molecular flexibility index (Phi) is 13.6. The molecule has 5 rings (SSSR count). The number of aryl methyl sites for hydroxylation is 8. The Morgan fingerprint density at radius 3 is 1.04 bits per heavy atom. The SMILES string of the molecule is COc1cc(C)c(P(C)c2c(C)cc(OC)cc2C)c(C)c1.COc1cc(C)c(P(CC2COC(C)(C)O2)c2c(C)cc(OC)cc2C)c(C)c1. The van der Waals surface area contributed by atoms with Gasteiger partial charge in [-0.15, -0.1) is 0 Å². The van der Waals surface area contributed by atoms with Crippen LogP contribution in [0.4, 0.5) is 0 Å². The molecule has 0 radical (unpaired) electrons. The Morgan fingerprint density at radius 2 is 0.804 bits per heavy atom. The van der Waals surface area contributed by atoms with E-state index < -0.39 is 21.6 Å². The van der Waals surface area contributed by atoms with Crippen molar-refractivity contribution in [1.82, 2.24) is 0 Å². The van der Waals surface area contributed by atoms with Crippen molar-refractivity contribution in [2.45, 2.75) is 81.1 Å². The molecule has 8 heteroatoms. The predicted molar refractivity (Wildman–Crippen MR) is 218 cm³/mol. The summed E-state index contributed by atoms with van der Waals surface area (Å²) in [4.78, 5) is 0. The van der Waals surface area contributed by atoms with Crippen molar-refractivity contribution < 1.29 is 28.4 Å². The van der Waals surface area contributed by atoms with Crippen LogP contribution < -0.4 is 40.2 Å². The van der Waals surface area contributed by atoms with Crippen molar-refractivity contribution in [2.75, 3.05) is 47.9 Å². The maximum atomic E-state index is 6.22. The van der Waals surface area contributed by atoms with Crippen LogP contribution in [0.25, 0.3) is 0 Å². The Labute approximate surface area is 309 Å². The van der Waals surface area contributed by atoms with Crippen molar-refractivity contribution in [1.29, 1.82) is 0 Å². The van der Waals surface area contributed by atoms with E-state index in [4.69, 9.17) is 28.4 Å². The third-order valence-electron chi connectivity index (χ3n) is 9.47. The number of ether oxygens (including phenoxy) is 6. The molecular formula is C43H58O6P2. The third kappa shape index (κ3) is 9.46. The van der Waals surface area contributed by atoms with Crippen molar-refractivity contribution in [3.63, 3.8) is 0 Å². The smallest absolute Gasteiger partial charge is 0.163 e. The number of hydrogen-bond donors (Lipinski definition) is 0. The van der Waals surface area contributed by atoms with Gasteiger partial charge < -0.3 is 28.4 Å². The molecule has 6 nitrogen and oxygen atoms in total. The molecule has 1 aliphatic heterocycles. The Hall–Kier alpha value is -3.14. The van der Waals surface area contributed by atoms with E-state index in [0.717, 1.165) is 29.2 Å². The predicted octanol–water partition coefficient (Wildman–Crippen LogP) is 8.52. The van der Waals surface area contributed by atoms with Gasteiger partial charge in [0.1, 0.15) is 23.0 Å². The van der Waals surface area contributed by atoms with E-state index in [1.807, 2.05) is 13.8 Å². The molecule has 0 N–H and O–H groups in total. The molecule has 1 atom stereocenters. The molecule has 1 unspecified atom stereocenters. The summed E-state index contributed by atoms with van der Waals surface area (Å²) in [7, 11) is 5.85. The summed E-state index contributed by atoms with van der Waals surface area (Å²) in [6.45, 7) is 24.4. The van der Waals surface area contributed by atoms with Gasteiger partial charge in [-0.2, -0.15) is 0 Å². The minimum absolute atomic E-state index is 0.0814. The van der Waals surface area contributed by atoms with Crippen LogP contribution in [0.15, 0.2) is 48.5 Å². The van der Waals surface area contributed by atoms with Gasteiger partial charge in [-0.3, -0.25) is 0 Å². The number of benzene rings is 4. The highest BCUT2D eigenvalue weighted by Gasteiger charge is 2.36. The summed E-state index contributed by atoms with van der Waals surface area (Å²) in [6, 6.07) is 17.1. The number of hydrogen-bond acceptors (Lipinski definition) is 6. The van der Waals surface area contributed by atoms with Gasteiger partial charge in [0.15, 0.2) is 5.79 Å². The molecule has 0 amide bonds. The lowest BCUT2D eigenvalue weighted by atomic mass is 10.1. The second-order valence-corrected chi connectivity index (χ2v) is 18.2. The van der Waals surface area contributed by atoms with Crippen LogP contribution in [0, 0.1) is 55.4 Å². The summed E-state index contributed by atoms with van der Waals surface area (Å²) in [6.07, 6.45) is 1.01. The third-order valence-corrected chi connectivity index (χ3v) is 15.5. The van der Waals surface area contributed by atoms with Gasteiger partial charge in [-0.1, -0.05) is 0 Å². The molecule has 4 aromatic carbocycles. The fraction of sp³-hybridized carbons (Fsp3) is 0.442. The fourth-order valence-electron chi connectivity index (χ4n) is 7.51. The van der Waals surface area contributed by atoms with E-state index in [1.54, 1.807) is 28.4 Å². The first-order chi connectivity index (χ1) is 24.0. The first-order valence-corrected chi connectivity index (χ1v) is 20.8. The van der Waals surface area contributed by atoms with Crippen molar-refractivity contribution in [3.8, 4) is 23.0 Å². The van der Waals surface area contributed by atoms with Crippen LogP contribution in [0.3, 0.4) is 0 Å². The molecule has 0 bridgehead atoms. The zero-order valence-electron chi connectivity index (χ0n) is 33.5. The lowest BCUT2D eigenvalue weighted by Gasteiger charge is -2.29. The van der Waals surface area contributed by atoms with E-state index in [1.165, 1.54) is 65.7 Å². The van der Waals surface area contributed by atoms with E-state index in [2.05, 4.69) is 111 Å². The Bertz CT molecular complexity index is 1640. The molecule has 1 aliphatic rings. The summed E-state index contributed by atoms with van der Waals surface area (Å²) in [5.74, 6) is 3.17. The van der Waals surface area contributed by atoms with E-state index in [0.29, 0.717) is 6.61 Å². The highest BCUT2D eigenvalue weighted by atomic mass is 31.1. The minimum atomic E-state index is -0.638. The molecule has 1 saturated heterocycles. The molecular weight excluding hydrogens is 674 g/mol. The van der Waals surface area contributed by atoms with Crippen LogP contribution >= 0.6 is 15.8 Å². The van der Waals surface area contributed by atoms with Crippen molar-refractivity contribution >= 4 is 37.1 Å². The number of rotatable bonds is 10. The molecule has 0 saturated carbocycles. The lowest BCUT2D eigenvalue weighted by Crippen LogP contribution is -2.29. The second-order valence-electron chi connectivity index (χ2n) is 14.1. The molecule has 1 heterocycles. The zero-order valence-corrected chi connectivity index (χ0v) is 35.2. The molecule has 4 aromatic rings. The highest BCUT2D eigenvalue weighted by Crippen LogP contribution is 2.43. The maximum Gasteiger partial charge on any atom is 0.163 e. The monoisotopic (exact) mass is 732 g/mol. The van der Waals surface area contributed by atoms with Gasteiger partial charge in [0.2, 0.25) is 0 Å². The van der Waals surface area contributed by atoms with Crippen LogP contribution in [-0.2, 0) is 9.47 Å².